The van der Waals surface area contributed by atoms with Gasteiger partial charge in [-0.15, -0.1) is 0 Å². The summed E-state index contributed by atoms with van der Waals surface area (Å²) in [7, 11) is 0. The van der Waals surface area contributed by atoms with E-state index in [0.717, 1.165) is 50.6 Å². The number of hydrogen-bond acceptors (Lipinski definition) is 4. The standard InChI is InChI=1S/C21H31NO3.CH2O/c1-16-5-7-18(8-6-16)24-14-9-17-15-21(17)10-12-22(13-11-21)19(23)25-20(2,3)4;1-2/h5-8,17H,9-15H2,1-4H3;1H2. The van der Waals surface area contributed by atoms with E-state index in [4.69, 9.17) is 14.3 Å². The molecule has 1 aromatic carbocycles. The molecule has 5 heteroatoms. The van der Waals surface area contributed by atoms with Crippen molar-refractivity contribution in [3.05, 3.63) is 29.8 Å². The highest BCUT2D eigenvalue weighted by atomic mass is 16.6. The van der Waals surface area contributed by atoms with Gasteiger partial charge in [-0.05, 0) is 76.8 Å². The molecule has 150 valence electrons. The summed E-state index contributed by atoms with van der Waals surface area (Å²) < 4.78 is 11.4. The van der Waals surface area contributed by atoms with Gasteiger partial charge in [0.2, 0.25) is 0 Å². The van der Waals surface area contributed by atoms with Crippen LogP contribution < -0.4 is 4.74 Å². The van der Waals surface area contributed by atoms with Crippen LogP contribution in [0.4, 0.5) is 4.79 Å². The van der Waals surface area contributed by atoms with Gasteiger partial charge in [0.05, 0.1) is 6.61 Å². The molecular weight excluding hydrogens is 342 g/mol. The second-order valence-electron chi connectivity index (χ2n) is 8.68. The number of piperidine rings is 1. The van der Waals surface area contributed by atoms with E-state index in [1.54, 1.807) is 0 Å². The van der Waals surface area contributed by atoms with Crippen LogP contribution >= 0.6 is 0 Å². The highest BCUT2D eigenvalue weighted by Crippen LogP contribution is 2.60. The van der Waals surface area contributed by atoms with Crippen molar-refractivity contribution in [2.24, 2.45) is 11.3 Å². The van der Waals surface area contributed by atoms with Gasteiger partial charge in [0, 0.05) is 13.1 Å². The van der Waals surface area contributed by atoms with Gasteiger partial charge in [-0.1, -0.05) is 17.7 Å². The first-order valence-electron chi connectivity index (χ1n) is 9.74. The first kappa shape index (κ1) is 21.3. The van der Waals surface area contributed by atoms with E-state index in [2.05, 4.69) is 19.1 Å². The fourth-order valence-corrected chi connectivity index (χ4v) is 3.87. The largest absolute Gasteiger partial charge is 0.494 e. The van der Waals surface area contributed by atoms with Crippen LogP contribution in [0.2, 0.25) is 0 Å². The van der Waals surface area contributed by atoms with Gasteiger partial charge in [-0.25, -0.2) is 4.79 Å². The molecule has 1 aliphatic carbocycles. The van der Waals surface area contributed by atoms with Crippen molar-refractivity contribution < 1.29 is 19.1 Å². The van der Waals surface area contributed by atoms with Crippen molar-refractivity contribution in [3.63, 3.8) is 0 Å². The Hall–Kier alpha value is -2.04. The lowest BCUT2D eigenvalue weighted by Gasteiger charge is -2.34. The number of likely N-dealkylation sites (tertiary alicyclic amines) is 1. The topological polar surface area (TPSA) is 55.8 Å². The molecule has 1 saturated carbocycles. The molecule has 1 heterocycles. The third-order valence-corrected chi connectivity index (χ3v) is 5.53. The molecule has 1 spiro atoms. The zero-order chi connectivity index (χ0) is 20.1. The van der Waals surface area contributed by atoms with E-state index in [0.29, 0.717) is 5.41 Å². The molecule has 1 aliphatic heterocycles. The van der Waals surface area contributed by atoms with Crippen LogP contribution in [0.1, 0.15) is 52.0 Å². The van der Waals surface area contributed by atoms with Crippen LogP contribution in [0.3, 0.4) is 0 Å². The number of benzene rings is 1. The lowest BCUT2D eigenvalue weighted by Crippen LogP contribution is -2.42. The molecule has 3 rings (SSSR count). The van der Waals surface area contributed by atoms with Crippen molar-refractivity contribution in [1.82, 2.24) is 4.90 Å². The summed E-state index contributed by atoms with van der Waals surface area (Å²) >= 11 is 0. The number of aryl methyl sites for hydroxylation is 1. The fraction of sp³-hybridized carbons (Fsp3) is 0.636. The number of hydrogen-bond donors (Lipinski definition) is 0. The lowest BCUT2D eigenvalue weighted by atomic mass is 9.90. The Morgan fingerprint density at radius 3 is 2.33 bits per heavy atom. The van der Waals surface area contributed by atoms with Crippen molar-refractivity contribution >= 4 is 12.9 Å². The highest BCUT2D eigenvalue weighted by Gasteiger charge is 2.54. The highest BCUT2D eigenvalue weighted by molar-refractivity contribution is 5.68. The van der Waals surface area contributed by atoms with Crippen LogP contribution in [-0.4, -0.2) is 43.1 Å². The zero-order valence-electron chi connectivity index (χ0n) is 17.1. The number of amides is 1. The van der Waals surface area contributed by atoms with Crippen LogP contribution in [-0.2, 0) is 9.53 Å². The molecule has 2 aliphatic rings. The Morgan fingerprint density at radius 1 is 1.19 bits per heavy atom. The van der Waals surface area contributed by atoms with Crippen molar-refractivity contribution in [2.75, 3.05) is 19.7 Å². The Bertz CT molecular complexity index is 612. The molecular formula is C22H33NO4. The molecule has 0 radical (unpaired) electrons. The fourth-order valence-electron chi connectivity index (χ4n) is 3.87. The molecule has 1 atom stereocenters. The Morgan fingerprint density at radius 2 is 1.78 bits per heavy atom. The predicted molar refractivity (Wildman–Crippen MR) is 106 cm³/mol. The third-order valence-electron chi connectivity index (χ3n) is 5.53. The summed E-state index contributed by atoms with van der Waals surface area (Å²) in [5.41, 5.74) is 1.29. The van der Waals surface area contributed by atoms with Crippen LogP contribution in [0, 0.1) is 18.3 Å². The summed E-state index contributed by atoms with van der Waals surface area (Å²) in [5.74, 6) is 1.71. The van der Waals surface area contributed by atoms with Crippen molar-refractivity contribution in [3.8, 4) is 5.75 Å². The molecule has 5 nitrogen and oxygen atoms in total. The number of carbonyl (C=O) groups is 2. The van der Waals surface area contributed by atoms with Gasteiger partial charge in [-0.2, -0.15) is 0 Å². The third kappa shape index (κ3) is 5.98. The maximum Gasteiger partial charge on any atom is 0.410 e. The van der Waals surface area contributed by atoms with Crippen LogP contribution in [0.5, 0.6) is 5.75 Å². The van der Waals surface area contributed by atoms with E-state index >= 15 is 0 Å². The monoisotopic (exact) mass is 375 g/mol. The van der Waals surface area contributed by atoms with E-state index in [-0.39, 0.29) is 6.09 Å². The summed E-state index contributed by atoms with van der Waals surface area (Å²) in [4.78, 5) is 22.0. The first-order chi connectivity index (χ1) is 12.8. The number of nitrogens with zero attached hydrogens (tertiary/aromatic N) is 1. The molecule has 1 unspecified atom stereocenters. The molecule has 2 fully saturated rings. The maximum atomic E-state index is 12.2. The van der Waals surface area contributed by atoms with Gasteiger partial charge in [0.25, 0.3) is 0 Å². The molecule has 1 aromatic rings. The minimum atomic E-state index is -0.415. The van der Waals surface area contributed by atoms with E-state index < -0.39 is 5.60 Å². The Kier molecular flexibility index (Phi) is 6.90. The Labute approximate surface area is 163 Å². The van der Waals surface area contributed by atoms with Gasteiger partial charge in [0.1, 0.15) is 18.1 Å². The van der Waals surface area contributed by atoms with Crippen LogP contribution in [0.25, 0.3) is 0 Å². The second-order valence-corrected chi connectivity index (χ2v) is 8.68. The van der Waals surface area contributed by atoms with Crippen molar-refractivity contribution in [2.45, 2.75) is 59.0 Å². The molecule has 0 bridgehead atoms. The normalized spacial score (nSPS) is 20.4. The molecule has 0 aromatic heterocycles. The average Bonchev–Trinajstić information content (AvgIpc) is 3.29. The summed E-state index contributed by atoms with van der Waals surface area (Å²) in [5, 5.41) is 0. The number of rotatable bonds is 4. The zero-order valence-corrected chi connectivity index (χ0v) is 17.1. The maximum absolute atomic E-state index is 12.2. The van der Waals surface area contributed by atoms with Gasteiger partial charge >= 0.3 is 6.09 Å². The molecule has 1 amide bonds. The average molecular weight is 376 g/mol. The smallest absolute Gasteiger partial charge is 0.410 e. The SMILES string of the molecule is C=O.Cc1ccc(OCCC2CC23CCN(C(=O)OC(C)(C)C)CC3)cc1. The van der Waals surface area contributed by atoms with E-state index in [9.17, 15) is 4.79 Å². The quantitative estimate of drug-likeness (QED) is 0.771. The molecule has 27 heavy (non-hydrogen) atoms. The summed E-state index contributed by atoms with van der Waals surface area (Å²) in [6, 6.07) is 8.25. The molecule has 0 N–H and O–H groups in total. The predicted octanol–water partition coefficient (Wildman–Crippen LogP) is 4.62. The number of ether oxygens (including phenoxy) is 2. The molecule has 1 saturated heterocycles. The minimum absolute atomic E-state index is 0.165. The Balaban J connectivity index is 0.00000126. The van der Waals surface area contributed by atoms with Gasteiger partial charge in [-0.3, -0.25) is 0 Å². The first-order valence-corrected chi connectivity index (χ1v) is 9.74. The van der Waals surface area contributed by atoms with E-state index in [1.165, 1.54) is 12.0 Å². The second kappa shape index (κ2) is 8.77. The van der Waals surface area contributed by atoms with Crippen molar-refractivity contribution in [1.29, 1.82) is 0 Å². The lowest BCUT2D eigenvalue weighted by molar-refractivity contribution is -0.0980. The summed E-state index contributed by atoms with van der Waals surface area (Å²) in [6.07, 6.45) is 4.43. The van der Waals surface area contributed by atoms with E-state index in [1.807, 2.05) is 44.6 Å². The number of carbonyl (C=O) groups excluding carboxylic acids is 2. The van der Waals surface area contributed by atoms with Gasteiger partial charge in [0.15, 0.2) is 0 Å². The van der Waals surface area contributed by atoms with Gasteiger partial charge < -0.3 is 19.2 Å². The van der Waals surface area contributed by atoms with Crippen LogP contribution in [0.15, 0.2) is 24.3 Å². The minimum Gasteiger partial charge on any atom is -0.494 e. The summed E-state index contributed by atoms with van der Waals surface area (Å²) in [6.45, 7) is 12.3.